The maximum atomic E-state index is 12.9. The van der Waals surface area contributed by atoms with Crippen LogP contribution < -0.4 is 10.6 Å². The third-order valence-corrected chi connectivity index (χ3v) is 9.03. The molecule has 2 saturated heterocycles. The molecule has 0 aromatic rings. The van der Waals surface area contributed by atoms with Crippen molar-refractivity contribution in [2.75, 3.05) is 57.1 Å². The summed E-state index contributed by atoms with van der Waals surface area (Å²) in [6.45, 7) is 0.730. The van der Waals surface area contributed by atoms with Gasteiger partial charge in [-0.25, -0.2) is 8.73 Å². The Morgan fingerprint density at radius 3 is 1.68 bits per heavy atom. The Kier molecular flexibility index (Phi) is 13.4. The first kappa shape index (κ1) is 35.8. The van der Waals surface area contributed by atoms with Gasteiger partial charge in [-0.15, -0.1) is 11.8 Å². The van der Waals surface area contributed by atoms with Crippen molar-refractivity contribution in [1.82, 2.24) is 10.6 Å². The van der Waals surface area contributed by atoms with Crippen molar-refractivity contribution in [3.63, 3.8) is 0 Å². The molecule has 2 aliphatic rings. The Balaban J connectivity index is 1.93. The van der Waals surface area contributed by atoms with Crippen LogP contribution in [0.5, 0.6) is 0 Å². The molecule has 41 heavy (non-hydrogen) atoms. The molecule has 2 rings (SSSR count). The number of rotatable bonds is 12. The third kappa shape index (κ3) is 12.0. The zero-order valence-corrected chi connectivity index (χ0v) is 26.2. The topological polar surface area (TPSA) is 234 Å². The van der Waals surface area contributed by atoms with Crippen LogP contribution in [0.1, 0.15) is 13.3 Å². The van der Waals surface area contributed by atoms with Crippen LogP contribution in [0.3, 0.4) is 0 Å². The molecule has 2 aliphatic heterocycles. The summed E-state index contributed by atoms with van der Waals surface area (Å²) >= 11 is 0.946. The summed E-state index contributed by atoms with van der Waals surface area (Å²) in [6, 6.07) is -1.78. The van der Waals surface area contributed by atoms with Crippen LogP contribution in [0.2, 0.25) is 0 Å². The first-order chi connectivity index (χ1) is 18.9. The fraction of sp³-hybridized carbons (Fsp3) is 0.870. The lowest BCUT2D eigenvalue weighted by Crippen LogP contribution is -2.56. The molecule has 6 N–H and O–H groups in total. The van der Waals surface area contributed by atoms with Crippen molar-refractivity contribution < 1.29 is 52.7 Å². The lowest BCUT2D eigenvalue weighted by Gasteiger charge is -2.36. The van der Waals surface area contributed by atoms with Gasteiger partial charge >= 0.3 is 0 Å². The average molecular weight is 647 g/mol. The van der Waals surface area contributed by atoms with Gasteiger partial charge in [-0.3, -0.25) is 22.8 Å². The zero-order chi connectivity index (χ0) is 31.1. The molecule has 18 heteroatoms. The fourth-order valence-corrected chi connectivity index (χ4v) is 6.76. The SMILES string of the molecule is CC(=O)CSC(CC(=O)NC[C@H]1OC[C@@H](N=S(C)(C)=O)[C@@H](O)[C@H]1O)C(=O)NCC1OC[C@@H](N=S(C)(C)=O)[C@@H](O)[C@H]1O. The summed E-state index contributed by atoms with van der Waals surface area (Å²) in [5.41, 5.74) is 0. The molecule has 0 aliphatic carbocycles. The minimum absolute atomic E-state index is 0.0390. The summed E-state index contributed by atoms with van der Waals surface area (Å²) in [7, 11) is -5.09. The predicted molar refractivity (Wildman–Crippen MR) is 153 cm³/mol. The van der Waals surface area contributed by atoms with Gasteiger partial charge in [0.1, 0.15) is 54.5 Å². The van der Waals surface area contributed by atoms with Crippen LogP contribution in [0.25, 0.3) is 0 Å². The van der Waals surface area contributed by atoms with Gasteiger partial charge in [0.2, 0.25) is 11.8 Å². The Hall–Kier alpha value is -1.38. The lowest BCUT2D eigenvalue weighted by molar-refractivity contribution is -0.145. The maximum absolute atomic E-state index is 12.9. The zero-order valence-electron chi connectivity index (χ0n) is 23.7. The van der Waals surface area contributed by atoms with Crippen LogP contribution in [-0.4, -0.2) is 157 Å². The van der Waals surface area contributed by atoms with Gasteiger partial charge in [0, 0.05) is 64.0 Å². The number of hydrogen-bond donors (Lipinski definition) is 6. The Morgan fingerprint density at radius 2 is 1.27 bits per heavy atom. The highest BCUT2D eigenvalue weighted by Gasteiger charge is 2.40. The van der Waals surface area contributed by atoms with Gasteiger partial charge in [-0.1, -0.05) is 0 Å². The number of nitrogens with one attached hydrogen (secondary N) is 2. The molecule has 238 valence electrons. The molecule has 2 unspecified atom stereocenters. The van der Waals surface area contributed by atoms with E-state index in [0.717, 1.165) is 11.8 Å². The molecule has 0 aromatic carbocycles. The average Bonchev–Trinajstić information content (AvgIpc) is 2.84. The van der Waals surface area contributed by atoms with Gasteiger partial charge < -0.3 is 40.5 Å². The lowest BCUT2D eigenvalue weighted by atomic mass is 9.98. The minimum atomic E-state index is -2.55. The van der Waals surface area contributed by atoms with Gasteiger partial charge in [-0.05, 0) is 6.92 Å². The van der Waals surface area contributed by atoms with E-state index in [0.29, 0.717) is 0 Å². The van der Waals surface area contributed by atoms with Gasteiger partial charge in [0.15, 0.2) is 0 Å². The number of carbonyl (C=O) groups excluding carboxylic acids is 3. The van der Waals surface area contributed by atoms with Crippen molar-refractivity contribution in [1.29, 1.82) is 0 Å². The van der Waals surface area contributed by atoms with Gasteiger partial charge in [-0.2, -0.15) is 0 Å². The van der Waals surface area contributed by atoms with E-state index in [9.17, 15) is 43.2 Å². The highest BCUT2D eigenvalue weighted by atomic mass is 32.2. The number of carbonyl (C=O) groups is 3. The number of ketones is 1. The van der Waals surface area contributed by atoms with Crippen molar-refractivity contribution in [3.05, 3.63) is 0 Å². The summed E-state index contributed by atoms with van der Waals surface area (Å²) in [6.07, 6.45) is -2.23. The van der Waals surface area contributed by atoms with Crippen molar-refractivity contribution >= 4 is 48.8 Å². The Morgan fingerprint density at radius 1 is 0.829 bits per heavy atom. The van der Waals surface area contributed by atoms with Crippen molar-refractivity contribution in [2.45, 2.75) is 67.3 Å². The number of aliphatic hydroxyl groups excluding tert-OH is 4. The van der Waals surface area contributed by atoms with Crippen molar-refractivity contribution in [3.8, 4) is 0 Å². The number of aliphatic hydroxyl groups is 4. The summed E-state index contributed by atoms with van der Waals surface area (Å²) in [5, 5.41) is 45.6. The second-order valence-electron chi connectivity index (χ2n) is 10.7. The molecule has 0 saturated carbocycles. The second-order valence-corrected chi connectivity index (χ2v) is 17.0. The van der Waals surface area contributed by atoms with E-state index in [1.54, 1.807) is 0 Å². The standard InChI is InChI=1S/C23H42N4O11S3/c1-12(28)11-39-17(23(34)25-8-16-22(33)20(31)14(10-38-16)27-41(4,5)36)6-18(29)24-7-15-21(32)19(30)13(9-37-15)26-40(2,3)35/h13-17,19-22,30-33H,6-11H2,1-5H3,(H,24,29)(H,25,34)/t13-,14-,15-,16?,17?,19-,20-,21+,22+/m1/s1. The summed E-state index contributed by atoms with van der Waals surface area (Å²) in [4.78, 5) is 37.1. The monoisotopic (exact) mass is 646 g/mol. The highest BCUT2D eigenvalue weighted by Crippen LogP contribution is 2.21. The Labute approximate surface area is 244 Å². The summed E-state index contributed by atoms with van der Waals surface area (Å²) in [5.74, 6) is -1.44. The number of nitrogens with zero attached hydrogens (tertiary/aromatic N) is 2. The smallest absolute Gasteiger partial charge is 0.233 e. The minimum Gasteiger partial charge on any atom is -0.388 e. The third-order valence-electron chi connectivity index (χ3n) is 6.12. The van der Waals surface area contributed by atoms with E-state index in [1.807, 2.05) is 0 Å². The molecule has 0 aromatic heterocycles. The molecule has 2 fully saturated rings. The van der Waals surface area contributed by atoms with E-state index >= 15 is 0 Å². The predicted octanol–water partition coefficient (Wildman–Crippen LogP) is -3.27. The van der Waals surface area contributed by atoms with E-state index in [1.165, 1.54) is 31.9 Å². The molecule has 0 bridgehead atoms. The number of ether oxygens (including phenoxy) is 2. The normalized spacial score (nSPS) is 31.5. The molecule has 2 amide bonds. The Bertz CT molecular complexity index is 1170. The number of amides is 2. The number of thioether (sulfide) groups is 1. The molecule has 15 nitrogen and oxygen atoms in total. The molecule has 2 heterocycles. The quantitative estimate of drug-likeness (QED) is 0.123. The number of Topliss-reactive ketones (excluding diaryl/α,β-unsaturated/α-hetero) is 1. The van der Waals surface area contributed by atoms with E-state index in [4.69, 9.17) is 9.47 Å². The van der Waals surface area contributed by atoms with E-state index < -0.39 is 85.2 Å². The largest absolute Gasteiger partial charge is 0.388 e. The van der Waals surface area contributed by atoms with E-state index in [2.05, 4.69) is 19.4 Å². The molecule has 0 spiro atoms. The van der Waals surface area contributed by atoms with Crippen LogP contribution in [0.15, 0.2) is 8.73 Å². The van der Waals surface area contributed by atoms with Crippen LogP contribution in [-0.2, 0) is 43.3 Å². The molecule has 9 atom stereocenters. The highest BCUT2D eigenvalue weighted by molar-refractivity contribution is 8.01. The summed E-state index contributed by atoms with van der Waals surface area (Å²) < 4.78 is 42.8. The van der Waals surface area contributed by atoms with Gasteiger partial charge in [0.25, 0.3) is 0 Å². The number of hydrogen-bond acceptors (Lipinski definition) is 14. The second kappa shape index (κ2) is 15.4. The van der Waals surface area contributed by atoms with Crippen LogP contribution in [0.4, 0.5) is 0 Å². The van der Waals surface area contributed by atoms with Gasteiger partial charge in [0.05, 0.1) is 24.2 Å². The first-order valence-electron chi connectivity index (χ1n) is 12.8. The van der Waals surface area contributed by atoms with E-state index in [-0.39, 0.29) is 44.3 Å². The fourth-order valence-electron chi connectivity index (χ4n) is 4.15. The first-order valence-corrected chi connectivity index (χ1v) is 18.5. The van der Waals surface area contributed by atoms with Crippen molar-refractivity contribution in [2.24, 2.45) is 8.73 Å². The van der Waals surface area contributed by atoms with Crippen LogP contribution >= 0.6 is 11.8 Å². The molecule has 0 radical (unpaired) electrons. The molecular weight excluding hydrogens is 604 g/mol. The molecular formula is C23H42N4O11S3. The maximum Gasteiger partial charge on any atom is 0.233 e. The van der Waals surface area contributed by atoms with Crippen LogP contribution in [0, 0.1) is 0 Å².